The molecule has 1 N–H and O–H groups in total. The minimum Gasteiger partial charge on any atom is -0.481 e. The van der Waals surface area contributed by atoms with Crippen molar-refractivity contribution in [3.05, 3.63) is 33.1 Å². The van der Waals surface area contributed by atoms with E-state index in [-0.39, 0.29) is 28.7 Å². The number of nitro benzene ring substituents is 1. The zero-order chi connectivity index (χ0) is 15.6. The van der Waals surface area contributed by atoms with Crippen LogP contribution in [-0.2, 0) is 4.79 Å². The average Bonchev–Trinajstić information content (AvgIpc) is 2.87. The van der Waals surface area contributed by atoms with Gasteiger partial charge in [-0.05, 0) is 24.8 Å². The molecule has 114 valence electrons. The fourth-order valence-electron chi connectivity index (χ4n) is 2.54. The number of carboxylic acids is 1. The van der Waals surface area contributed by atoms with Crippen LogP contribution in [0, 0.1) is 21.8 Å². The van der Waals surface area contributed by atoms with E-state index in [9.17, 15) is 19.3 Å². The smallest absolute Gasteiger partial charge is 0.303 e. The average molecular weight is 317 g/mol. The quantitative estimate of drug-likeness (QED) is 0.666. The van der Waals surface area contributed by atoms with Crippen LogP contribution < -0.4 is 4.90 Å². The molecule has 1 aromatic carbocycles. The Kier molecular flexibility index (Phi) is 4.62. The minimum absolute atomic E-state index is 0.0742. The van der Waals surface area contributed by atoms with Crippen molar-refractivity contribution in [2.45, 2.75) is 19.3 Å². The van der Waals surface area contributed by atoms with E-state index in [0.29, 0.717) is 19.5 Å². The number of nitro groups is 1. The monoisotopic (exact) mass is 316 g/mol. The van der Waals surface area contributed by atoms with Crippen LogP contribution in [0.3, 0.4) is 0 Å². The lowest BCUT2D eigenvalue weighted by molar-refractivity contribution is -0.384. The van der Waals surface area contributed by atoms with E-state index in [4.69, 9.17) is 16.7 Å². The summed E-state index contributed by atoms with van der Waals surface area (Å²) in [5.41, 5.74) is -0.0417. The van der Waals surface area contributed by atoms with E-state index in [1.54, 1.807) is 4.90 Å². The fourth-order valence-corrected chi connectivity index (χ4v) is 2.70. The van der Waals surface area contributed by atoms with Crippen molar-refractivity contribution in [1.29, 1.82) is 0 Å². The maximum Gasteiger partial charge on any atom is 0.303 e. The summed E-state index contributed by atoms with van der Waals surface area (Å²) < 4.78 is 13.4. The third kappa shape index (κ3) is 3.60. The molecule has 21 heavy (non-hydrogen) atoms. The predicted octanol–water partition coefficient (Wildman–Crippen LogP) is 3.08. The Labute approximate surface area is 125 Å². The van der Waals surface area contributed by atoms with Gasteiger partial charge in [-0.15, -0.1) is 0 Å². The Balaban J connectivity index is 2.17. The molecule has 0 aromatic heterocycles. The van der Waals surface area contributed by atoms with Gasteiger partial charge in [-0.2, -0.15) is 0 Å². The molecule has 0 spiro atoms. The lowest BCUT2D eigenvalue weighted by Crippen LogP contribution is -2.21. The van der Waals surface area contributed by atoms with Gasteiger partial charge in [0.25, 0.3) is 5.69 Å². The Morgan fingerprint density at radius 3 is 2.90 bits per heavy atom. The molecule has 0 bridgehead atoms. The molecule has 8 heteroatoms. The molecular formula is C13H14ClFN2O4. The number of hydrogen-bond acceptors (Lipinski definition) is 4. The first-order valence-electron chi connectivity index (χ1n) is 6.48. The van der Waals surface area contributed by atoms with Crippen LogP contribution in [0.5, 0.6) is 0 Å². The van der Waals surface area contributed by atoms with Gasteiger partial charge in [-0.25, -0.2) is 4.39 Å². The predicted molar refractivity (Wildman–Crippen MR) is 75.3 cm³/mol. The van der Waals surface area contributed by atoms with Crippen molar-refractivity contribution in [3.63, 3.8) is 0 Å². The molecule has 6 nitrogen and oxygen atoms in total. The van der Waals surface area contributed by atoms with Crippen LogP contribution in [0.1, 0.15) is 19.3 Å². The topological polar surface area (TPSA) is 83.7 Å². The molecule has 1 atom stereocenters. The highest BCUT2D eigenvalue weighted by atomic mass is 35.5. The highest BCUT2D eigenvalue weighted by molar-refractivity contribution is 6.31. The summed E-state index contributed by atoms with van der Waals surface area (Å²) in [5.74, 6) is -1.53. The van der Waals surface area contributed by atoms with Crippen molar-refractivity contribution in [2.75, 3.05) is 18.0 Å². The number of halogens is 2. The molecule has 0 saturated carbocycles. The lowest BCUT2D eigenvalue weighted by atomic mass is 10.0. The van der Waals surface area contributed by atoms with E-state index >= 15 is 0 Å². The zero-order valence-electron chi connectivity index (χ0n) is 11.1. The third-order valence-electron chi connectivity index (χ3n) is 3.61. The summed E-state index contributed by atoms with van der Waals surface area (Å²) in [6, 6.07) is 2.08. The van der Waals surface area contributed by atoms with Crippen molar-refractivity contribution in [3.8, 4) is 0 Å². The van der Waals surface area contributed by atoms with Crippen LogP contribution in [0.25, 0.3) is 0 Å². The van der Waals surface area contributed by atoms with Gasteiger partial charge in [-0.1, -0.05) is 11.6 Å². The number of rotatable bonds is 5. The summed E-state index contributed by atoms with van der Waals surface area (Å²) in [6.45, 7) is 1.07. The fraction of sp³-hybridized carbons (Fsp3) is 0.462. The molecular weight excluding hydrogens is 303 g/mol. The van der Waals surface area contributed by atoms with Crippen LogP contribution in [0.2, 0.25) is 5.02 Å². The second kappa shape index (κ2) is 6.26. The Hall–Kier alpha value is -1.89. The van der Waals surface area contributed by atoms with Gasteiger partial charge >= 0.3 is 5.97 Å². The normalized spacial score (nSPS) is 18.0. The molecule has 1 aliphatic heterocycles. The van der Waals surface area contributed by atoms with E-state index in [1.807, 2.05) is 0 Å². The lowest BCUT2D eigenvalue weighted by Gasteiger charge is -2.19. The van der Waals surface area contributed by atoms with E-state index in [0.717, 1.165) is 12.5 Å². The number of carboxylic acid groups (broad SMARTS) is 1. The number of carbonyl (C=O) groups is 1. The van der Waals surface area contributed by atoms with Gasteiger partial charge in [0.15, 0.2) is 0 Å². The molecule has 1 fully saturated rings. The van der Waals surface area contributed by atoms with Crippen molar-refractivity contribution < 1.29 is 19.2 Å². The Morgan fingerprint density at radius 2 is 2.29 bits per heavy atom. The van der Waals surface area contributed by atoms with Crippen molar-refractivity contribution in [2.24, 2.45) is 5.92 Å². The van der Waals surface area contributed by atoms with Gasteiger partial charge in [-0.3, -0.25) is 14.9 Å². The number of aliphatic carboxylic acids is 1. The first kappa shape index (κ1) is 15.5. The maximum atomic E-state index is 13.4. The van der Waals surface area contributed by atoms with E-state index in [2.05, 4.69) is 0 Å². The molecule has 0 radical (unpaired) electrons. The highest BCUT2D eigenvalue weighted by Crippen LogP contribution is 2.36. The van der Waals surface area contributed by atoms with Crippen LogP contribution in [0.4, 0.5) is 15.8 Å². The highest BCUT2D eigenvalue weighted by Gasteiger charge is 2.29. The molecule has 1 aromatic rings. The summed E-state index contributed by atoms with van der Waals surface area (Å²) in [5, 5.41) is 19.5. The summed E-state index contributed by atoms with van der Waals surface area (Å²) >= 11 is 5.71. The summed E-state index contributed by atoms with van der Waals surface area (Å²) in [7, 11) is 0. The Bertz CT molecular complexity index is 582. The second-order valence-electron chi connectivity index (χ2n) is 5.05. The first-order chi connectivity index (χ1) is 9.88. The Morgan fingerprint density at radius 1 is 1.57 bits per heavy atom. The molecule has 0 amide bonds. The summed E-state index contributed by atoms with van der Waals surface area (Å²) in [4.78, 5) is 22.7. The molecule has 2 rings (SSSR count). The largest absolute Gasteiger partial charge is 0.481 e. The second-order valence-corrected chi connectivity index (χ2v) is 5.45. The molecule has 0 aliphatic carbocycles. The molecule has 1 saturated heterocycles. The molecule has 1 aliphatic rings. The standard InChI is InChI=1S/C13H14ClFN2O4/c14-9-5-11(12(17(20)21)6-10(9)15)16-4-3-8(7-16)1-2-13(18)19/h5-6,8H,1-4,7H2,(H,18,19). The molecule has 1 heterocycles. The van der Waals surface area contributed by atoms with Crippen molar-refractivity contribution >= 4 is 28.9 Å². The zero-order valence-corrected chi connectivity index (χ0v) is 11.8. The number of anilines is 1. The summed E-state index contributed by atoms with van der Waals surface area (Å²) in [6.07, 6.45) is 1.35. The van der Waals surface area contributed by atoms with Crippen LogP contribution in [-0.4, -0.2) is 29.1 Å². The van der Waals surface area contributed by atoms with E-state index < -0.39 is 16.7 Å². The van der Waals surface area contributed by atoms with Gasteiger partial charge in [0.05, 0.1) is 16.0 Å². The number of nitrogens with zero attached hydrogens (tertiary/aromatic N) is 2. The van der Waals surface area contributed by atoms with Crippen molar-refractivity contribution in [1.82, 2.24) is 0 Å². The number of hydrogen-bond donors (Lipinski definition) is 1. The third-order valence-corrected chi connectivity index (χ3v) is 3.90. The minimum atomic E-state index is -0.857. The molecule has 1 unspecified atom stereocenters. The van der Waals surface area contributed by atoms with Gasteiger partial charge < -0.3 is 10.0 Å². The first-order valence-corrected chi connectivity index (χ1v) is 6.86. The van der Waals surface area contributed by atoms with Gasteiger partial charge in [0.1, 0.15) is 11.5 Å². The number of benzene rings is 1. The van der Waals surface area contributed by atoms with E-state index in [1.165, 1.54) is 6.07 Å². The van der Waals surface area contributed by atoms with Crippen LogP contribution in [0.15, 0.2) is 12.1 Å². The van der Waals surface area contributed by atoms with Gasteiger partial charge in [0, 0.05) is 19.5 Å². The van der Waals surface area contributed by atoms with Crippen LogP contribution >= 0.6 is 11.6 Å². The van der Waals surface area contributed by atoms with Gasteiger partial charge in [0.2, 0.25) is 0 Å². The SMILES string of the molecule is O=C(O)CCC1CCN(c2cc(Cl)c(F)cc2[N+](=O)[O-])C1. The maximum absolute atomic E-state index is 13.4.